The van der Waals surface area contributed by atoms with Gasteiger partial charge in [0.05, 0.1) is 0 Å². The van der Waals surface area contributed by atoms with Crippen molar-refractivity contribution in [1.29, 1.82) is 0 Å². The van der Waals surface area contributed by atoms with Crippen LogP contribution < -0.4 is 0 Å². The number of carbonyl (C=O) groups is 2. The van der Waals surface area contributed by atoms with Crippen molar-refractivity contribution >= 4 is 11.8 Å². The Bertz CT molecular complexity index is 967. The lowest BCUT2D eigenvalue weighted by Crippen LogP contribution is -2.66. The molecule has 0 unspecified atom stereocenters. The maximum absolute atomic E-state index is 13.4. The second kappa shape index (κ2) is 7.52. The van der Waals surface area contributed by atoms with Gasteiger partial charge in [-0.2, -0.15) is 13.2 Å². The maximum Gasteiger partial charge on any atom is 0.490 e. The number of carbonyl (C=O) groups excluding carboxylic acids is 2. The summed E-state index contributed by atoms with van der Waals surface area (Å²) in [6, 6.07) is 0. The standard InChI is InChI=1S/C25H31F3O7/c1-21-7-5-15(29)9-14(21)3-4-16-17-6-8-23(24(34-13-32-23)11-31-12-33-24)22(17,2)10-18(19(16)21)35-20(30)25(26,27)28/h9,16-19H,3-8,10-13H2,1-2H3/t16-,17-,18+,19+,21+,22+,23-,24-/m1/s1. The highest BCUT2D eigenvalue weighted by molar-refractivity contribution is 5.91. The van der Waals surface area contributed by atoms with Gasteiger partial charge in [0, 0.05) is 17.8 Å². The molecular weight excluding hydrogens is 469 g/mol. The normalized spacial score (nSPS) is 49.1. The molecular formula is C25H31F3O7. The molecule has 2 saturated heterocycles. The molecule has 0 aromatic heterocycles. The van der Waals surface area contributed by atoms with E-state index in [2.05, 4.69) is 0 Å². The van der Waals surface area contributed by atoms with Crippen LogP contribution in [0.3, 0.4) is 0 Å². The predicted molar refractivity (Wildman–Crippen MR) is 112 cm³/mol. The summed E-state index contributed by atoms with van der Waals surface area (Å²) >= 11 is 0. The zero-order valence-corrected chi connectivity index (χ0v) is 19.9. The quantitative estimate of drug-likeness (QED) is 0.503. The Morgan fingerprint density at radius 1 is 1.09 bits per heavy atom. The van der Waals surface area contributed by atoms with Crippen molar-refractivity contribution in [2.75, 3.05) is 20.2 Å². The molecule has 0 amide bonds. The van der Waals surface area contributed by atoms with E-state index < -0.39 is 40.5 Å². The molecule has 0 aromatic rings. The fourth-order valence-corrected chi connectivity index (χ4v) is 8.94. The van der Waals surface area contributed by atoms with Gasteiger partial charge in [0.15, 0.2) is 19.4 Å². The van der Waals surface area contributed by atoms with Crippen molar-refractivity contribution in [3.63, 3.8) is 0 Å². The molecule has 6 aliphatic rings. The van der Waals surface area contributed by atoms with Gasteiger partial charge < -0.3 is 23.7 Å². The molecule has 5 fully saturated rings. The number of ether oxygens (including phenoxy) is 5. The van der Waals surface area contributed by atoms with Crippen LogP contribution in [0.25, 0.3) is 0 Å². The van der Waals surface area contributed by atoms with Crippen LogP contribution in [0, 0.1) is 28.6 Å². The Kier molecular flexibility index (Phi) is 5.13. The molecule has 0 radical (unpaired) electrons. The first-order valence-electron chi connectivity index (χ1n) is 12.5. The minimum atomic E-state index is -5.09. The fourth-order valence-electron chi connectivity index (χ4n) is 8.94. The SMILES string of the molecule is C[C@]12CCC(=O)C=C1CC[C@H]1[C@H]2[C@@H](OC(=O)C(F)(F)F)C[C@@]2(C)[C@@H]1CC[C@@]21OCO[C@]12COCO2. The summed E-state index contributed by atoms with van der Waals surface area (Å²) in [4.78, 5) is 24.4. The van der Waals surface area contributed by atoms with E-state index in [0.717, 1.165) is 18.4 Å². The Hall–Kier alpha value is -1.49. The Morgan fingerprint density at radius 2 is 1.86 bits per heavy atom. The Balaban J connectivity index is 1.44. The molecule has 194 valence electrons. The van der Waals surface area contributed by atoms with Crippen LogP contribution in [-0.4, -0.2) is 55.6 Å². The van der Waals surface area contributed by atoms with Crippen LogP contribution in [0.2, 0.25) is 0 Å². The Morgan fingerprint density at radius 3 is 2.57 bits per heavy atom. The molecule has 2 heterocycles. The van der Waals surface area contributed by atoms with Crippen molar-refractivity contribution in [2.45, 2.75) is 82.5 Å². The van der Waals surface area contributed by atoms with Gasteiger partial charge in [-0.05, 0) is 61.9 Å². The fraction of sp³-hybridized carbons (Fsp3) is 0.840. The van der Waals surface area contributed by atoms with Crippen LogP contribution in [0.4, 0.5) is 13.2 Å². The van der Waals surface area contributed by atoms with E-state index in [9.17, 15) is 22.8 Å². The largest absolute Gasteiger partial charge is 0.490 e. The van der Waals surface area contributed by atoms with Crippen LogP contribution in [0.5, 0.6) is 0 Å². The third-order valence-corrected chi connectivity index (χ3v) is 10.4. The van der Waals surface area contributed by atoms with E-state index in [-0.39, 0.29) is 50.2 Å². The Labute approximate surface area is 201 Å². The molecule has 35 heavy (non-hydrogen) atoms. The van der Waals surface area contributed by atoms with Gasteiger partial charge in [-0.3, -0.25) is 4.79 Å². The monoisotopic (exact) mass is 500 g/mol. The van der Waals surface area contributed by atoms with Gasteiger partial charge in [-0.25, -0.2) is 4.79 Å². The van der Waals surface area contributed by atoms with E-state index in [1.807, 2.05) is 13.8 Å². The first-order chi connectivity index (χ1) is 16.5. The summed E-state index contributed by atoms with van der Waals surface area (Å²) < 4.78 is 69.3. The van der Waals surface area contributed by atoms with Gasteiger partial charge in [0.25, 0.3) is 0 Å². The topological polar surface area (TPSA) is 80.3 Å². The number of rotatable bonds is 1. The predicted octanol–water partition coefficient (Wildman–Crippen LogP) is 4.05. The van der Waals surface area contributed by atoms with E-state index in [4.69, 9.17) is 23.7 Å². The number of fused-ring (bicyclic) bond motifs is 7. The third-order valence-electron chi connectivity index (χ3n) is 10.4. The van der Waals surface area contributed by atoms with Gasteiger partial charge in [0.1, 0.15) is 18.3 Å². The van der Waals surface area contributed by atoms with E-state index in [1.54, 1.807) is 6.08 Å². The molecule has 6 rings (SSSR count). The van der Waals surface area contributed by atoms with Crippen molar-refractivity contribution < 1.29 is 46.4 Å². The number of hydrogen-bond donors (Lipinski definition) is 0. The van der Waals surface area contributed by atoms with E-state index in [1.165, 1.54) is 0 Å². The first kappa shape index (κ1) is 23.9. The second-order valence-electron chi connectivity index (χ2n) is 11.6. The molecule has 4 aliphatic carbocycles. The molecule has 8 atom stereocenters. The minimum absolute atomic E-state index is 0.0121. The smallest absolute Gasteiger partial charge is 0.455 e. The molecule has 2 spiro atoms. The van der Waals surface area contributed by atoms with Crippen LogP contribution in [-0.2, 0) is 33.3 Å². The molecule has 3 saturated carbocycles. The number of alkyl halides is 3. The molecule has 0 N–H and O–H groups in total. The second-order valence-corrected chi connectivity index (χ2v) is 11.6. The summed E-state index contributed by atoms with van der Waals surface area (Å²) in [5.41, 5.74) is -1.09. The molecule has 10 heteroatoms. The summed E-state index contributed by atoms with van der Waals surface area (Å²) in [5, 5.41) is 0. The van der Waals surface area contributed by atoms with Crippen molar-refractivity contribution in [3.8, 4) is 0 Å². The van der Waals surface area contributed by atoms with Gasteiger partial charge >= 0.3 is 12.1 Å². The summed E-state index contributed by atoms with van der Waals surface area (Å²) in [7, 11) is 0. The maximum atomic E-state index is 13.4. The van der Waals surface area contributed by atoms with Crippen LogP contribution >= 0.6 is 0 Å². The van der Waals surface area contributed by atoms with E-state index >= 15 is 0 Å². The highest BCUT2D eigenvalue weighted by Gasteiger charge is 2.77. The number of esters is 1. The average molecular weight is 501 g/mol. The summed E-state index contributed by atoms with van der Waals surface area (Å²) in [6.07, 6.45) is -0.423. The molecule has 0 bridgehead atoms. The highest BCUT2D eigenvalue weighted by Crippen LogP contribution is 2.72. The average Bonchev–Trinajstić information content (AvgIpc) is 3.48. The van der Waals surface area contributed by atoms with Gasteiger partial charge in [-0.1, -0.05) is 19.4 Å². The lowest BCUT2D eigenvalue weighted by Gasteiger charge is -2.62. The lowest BCUT2D eigenvalue weighted by atomic mass is 9.45. The molecule has 7 nitrogen and oxygen atoms in total. The summed E-state index contributed by atoms with van der Waals surface area (Å²) in [5.74, 6) is -3.42. The number of halogens is 3. The minimum Gasteiger partial charge on any atom is -0.455 e. The number of ketones is 1. The number of hydrogen-bond acceptors (Lipinski definition) is 7. The van der Waals surface area contributed by atoms with Gasteiger partial charge in [0.2, 0.25) is 5.79 Å². The summed E-state index contributed by atoms with van der Waals surface area (Å²) in [6.45, 7) is 4.33. The third kappa shape index (κ3) is 3.06. The van der Waals surface area contributed by atoms with Crippen LogP contribution in [0.1, 0.15) is 58.8 Å². The number of allylic oxidation sites excluding steroid dienone is 1. The molecule has 2 aliphatic heterocycles. The van der Waals surface area contributed by atoms with E-state index in [0.29, 0.717) is 25.7 Å². The first-order valence-corrected chi connectivity index (χ1v) is 12.5. The highest BCUT2D eigenvalue weighted by atomic mass is 19.4. The van der Waals surface area contributed by atoms with Crippen molar-refractivity contribution in [2.24, 2.45) is 28.6 Å². The molecule has 0 aromatic carbocycles. The zero-order valence-electron chi connectivity index (χ0n) is 19.9. The van der Waals surface area contributed by atoms with Crippen molar-refractivity contribution in [1.82, 2.24) is 0 Å². The van der Waals surface area contributed by atoms with Gasteiger partial charge in [-0.15, -0.1) is 0 Å². The zero-order chi connectivity index (χ0) is 24.9. The van der Waals surface area contributed by atoms with Crippen molar-refractivity contribution in [3.05, 3.63) is 11.6 Å². The van der Waals surface area contributed by atoms with Crippen LogP contribution in [0.15, 0.2) is 11.6 Å². The lowest BCUT2D eigenvalue weighted by molar-refractivity contribution is -0.263.